The molecule has 7 heteroatoms. The maximum absolute atomic E-state index is 11.6. The molecule has 1 heterocycles. The number of carbonyl (C=O) groups is 3. The van der Waals surface area contributed by atoms with Crippen LogP contribution in [0, 0.1) is 0 Å². The SMILES string of the molecule is O=C(COC(=O)/C=C/c1ccccc1)NNC(=O)c1cccs1. The number of hydrazine groups is 1. The van der Waals surface area contributed by atoms with E-state index in [-0.39, 0.29) is 0 Å². The summed E-state index contributed by atoms with van der Waals surface area (Å²) in [6.45, 7) is -0.483. The molecule has 6 nitrogen and oxygen atoms in total. The summed E-state index contributed by atoms with van der Waals surface area (Å²) in [5.74, 6) is -1.70. The molecule has 0 spiro atoms. The molecule has 0 unspecified atom stereocenters. The first-order valence-electron chi connectivity index (χ1n) is 6.68. The van der Waals surface area contributed by atoms with E-state index in [9.17, 15) is 14.4 Å². The number of carbonyl (C=O) groups excluding carboxylic acids is 3. The molecular weight excluding hydrogens is 316 g/mol. The highest BCUT2D eigenvalue weighted by Gasteiger charge is 2.09. The van der Waals surface area contributed by atoms with Gasteiger partial charge in [0.15, 0.2) is 6.61 Å². The van der Waals surface area contributed by atoms with E-state index in [1.54, 1.807) is 23.6 Å². The van der Waals surface area contributed by atoms with Gasteiger partial charge in [0.1, 0.15) is 0 Å². The first-order chi connectivity index (χ1) is 11.1. The Morgan fingerprint density at radius 2 is 1.83 bits per heavy atom. The molecule has 2 amide bonds. The Kier molecular flexibility index (Phi) is 6.07. The van der Waals surface area contributed by atoms with Gasteiger partial charge in [-0.15, -0.1) is 11.3 Å². The van der Waals surface area contributed by atoms with Gasteiger partial charge in [-0.1, -0.05) is 36.4 Å². The minimum atomic E-state index is -0.645. The van der Waals surface area contributed by atoms with Crippen molar-refractivity contribution >= 4 is 35.2 Å². The van der Waals surface area contributed by atoms with Crippen LogP contribution >= 0.6 is 11.3 Å². The van der Waals surface area contributed by atoms with Gasteiger partial charge in [0.25, 0.3) is 11.8 Å². The van der Waals surface area contributed by atoms with Gasteiger partial charge in [-0.3, -0.25) is 20.4 Å². The number of nitrogens with one attached hydrogen (secondary N) is 2. The average molecular weight is 330 g/mol. The lowest BCUT2D eigenvalue weighted by molar-refractivity contribution is -0.144. The molecule has 0 saturated carbocycles. The van der Waals surface area contributed by atoms with Crippen molar-refractivity contribution in [3.63, 3.8) is 0 Å². The highest BCUT2D eigenvalue weighted by Crippen LogP contribution is 2.07. The fraction of sp³-hybridized carbons (Fsp3) is 0.0625. The van der Waals surface area contributed by atoms with Crippen LogP contribution in [0.15, 0.2) is 53.9 Å². The minimum Gasteiger partial charge on any atom is -0.452 e. The monoisotopic (exact) mass is 330 g/mol. The van der Waals surface area contributed by atoms with Crippen molar-refractivity contribution in [3.05, 3.63) is 64.4 Å². The molecule has 0 radical (unpaired) electrons. The van der Waals surface area contributed by atoms with Gasteiger partial charge in [0.05, 0.1) is 4.88 Å². The van der Waals surface area contributed by atoms with Crippen molar-refractivity contribution in [3.8, 4) is 0 Å². The zero-order valence-electron chi connectivity index (χ0n) is 12.0. The quantitative estimate of drug-likeness (QED) is 0.497. The molecule has 23 heavy (non-hydrogen) atoms. The molecule has 0 atom stereocenters. The predicted octanol–water partition coefficient (Wildman–Crippen LogP) is 1.77. The summed E-state index contributed by atoms with van der Waals surface area (Å²) in [6, 6.07) is 12.6. The molecule has 1 aromatic carbocycles. The van der Waals surface area contributed by atoms with Crippen LogP contribution in [0.4, 0.5) is 0 Å². The Balaban J connectivity index is 1.69. The van der Waals surface area contributed by atoms with Crippen LogP contribution in [0.3, 0.4) is 0 Å². The lowest BCUT2D eigenvalue weighted by atomic mass is 10.2. The summed E-state index contributed by atoms with van der Waals surface area (Å²) in [5.41, 5.74) is 5.24. The van der Waals surface area contributed by atoms with E-state index >= 15 is 0 Å². The molecule has 0 aliphatic carbocycles. The Morgan fingerprint density at radius 1 is 1.04 bits per heavy atom. The number of benzene rings is 1. The molecule has 2 aromatic rings. The first-order valence-corrected chi connectivity index (χ1v) is 7.55. The van der Waals surface area contributed by atoms with Crippen molar-refractivity contribution in [2.75, 3.05) is 6.61 Å². The first kappa shape index (κ1) is 16.4. The molecule has 0 bridgehead atoms. The fourth-order valence-corrected chi connectivity index (χ4v) is 2.16. The Bertz CT molecular complexity index is 696. The van der Waals surface area contributed by atoms with Crippen molar-refractivity contribution in [2.24, 2.45) is 0 Å². The third-order valence-electron chi connectivity index (χ3n) is 2.62. The second kappa shape index (κ2) is 8.50. The van der Waals surface area contributed by atoms with Crippen LogP contribution in [0.2, 0.25) is 0 Å². The molecule has 0 saturated heterocycles. The summed E-state index contributed by atoms with van der Waals surface area (Å²) in [7, 11) is 0. The molecular formula is C16H14N2O4S. The normalized spacial score (nSPS) is 10.3. The van der Waals surface area contributed by atoms with Crippen LogP contribution in [-0.2, 0) is 14.3 Å². The standard InChI is InChI=1S/C16H14N2O4S/c19-14(17-18-16(21)13-7-4-10-23-13)11-22-15(20)9-8-12-5-2-1-3-6-12/h1-10H,11H2,(H,17,19)(H,18,21)/b9-8+. The van der Waals surface area contributed by atoms with E-state index in [1.165, 1.54) is 17.4 Å². The summed E-state index contributed by atoms with van der Waals surface area (Å²) in [5, 5.41) is 1.75. The van der Waals surface area contributed by atoms with Gasteiger partial charge in [-0.2, -0.15) is 0 Å². The maximum atomic E-state index is 11.6. The van der Waals surface area contributed by atoms with Crippen LogP contribution < -0.4 is 10.9 Å². The van der Waals surface area contributed by atoms with Gasteiger partial charge >= 0.3 is 5.97 Å². The van der Waals surface area contributed by atoms with Crippen LogP contribution in [0.1, 0.15) is 15.2 Å². The highest BCUT2D eigenvalue weighted by molar-refractivity contribution is 7.12. The summed E-state index contributed by atoms with van der Waals surface area (Å²) < 4.78 is 4.76. The molecule has 118 valence electrons. The van der Waals surface area contributed by atoms with Crippen LogP contribution in [0.5, 0.6) is 0 Å². The average Bonchev–Trinajstić information content (AvgIpc) is 3.11. The third-order valence-corrected chi connectivity index (χ3v) is 3.49. The Hall–Kier alpha value is -2.93. The number of esters is 1. The fourth-order valence-electron chi connectivity index (χ4n) is 1.55. The van der Waals surface area contributed by atoms with Crippen LogP contribution in [0.25, 0.3) is 6.08 Å². The zero-order chi connectivity index (χ0) is 16.5. The number of hydrogen-bond acceptors (Lipinski definition) is 5. The second-order valence-electron chi connectivity index (χ2n) is 4.33. The van der Waals surface area contributed by atoms with Gasteiger partial charge in [-0.25, -0.2) is 4.79 Å². The zero-order valence-corrected chi connectivity index (χ0v) is 12.8. The number of amides is 2. The van der Waals surface area contributed by atoms with E-state index in [0.29, 0.717) is 4.88 Å². The Morgan fingerprint density at radius 3 is 2.52 bits per heavy atom. The number of hydrogen-bond donors (Lipinski definition) is 2. The van der Waals surface area contributed by atoms with E-state index in [4.69, 9.17) is 4.74 Å². The number of rotatable bonds is 5. The van der Waals surface area contributed by atoms with Crippen molar-refractivity contribution in [1.29, 1.82) is 0 Å². The number of ether oxygens (including phenoxy) is 1. The van der Waals surface area contributed by atoms with E-state index in [1.807, 2.05) is 30.3 Å². The predicted molar refractivity (Wildman–Crippen MR) is 86.4 cm³/mol. The largest absolute Gasteiger partial charge is 0.452 e. The lowest BCUT2D eigenvalue weighted by Crippen LogP contribution is -2.43. The third kappa shape index (κ3) is 5.76. The van der Waals surface area contributed by atoms with E-state index in [0.717, 1.165) is 5.56 Å². The van der Waals surface area contributed by atoms with E-state index in [2.05, 4.69) is 10.9 Å². The summed E-state index contributed by atoms with van der Waals surface area (Å²) in [4.78, 5) is 35.0. The smallest absolute Gasteiger partial charge is 0.331 e. The molecule has 2 N–H and O–H groups in total. The van der Waals surface area contributed by atoms with Crippen molar-refractivity contribution in [2.45, 2.75) is 0 Å². The summed E-state index contributed by atoms with van der Waals surface area (Å²) >= 11 is 1.25. The summed E-state index contributed by atoms with van der Waals surface area (Å²) in [6.07, 6.45) is 2.81. The van der Waals surface area contributed by atoms with Gasteiger partial charge in [-0.05, 0) is 23.1 Å². The Labute approximate surface area is 136 Å². The molecule has 0 aliphatic heterocycles. The maximum Gasteiger partial charge on any atom is 0.331 e. The van der Waals surface area contributed by atoms with Crippen LogP contribution in [-0.4, -0.2) is 24.4 Å². The van der Waals surface area contributed by atoms with E-state index < -0.39 is 24.4 Å². The lowest BCUT2D eigenvalue weighted by Gasteiger charge is -2.06. The van der Waals surface area contributed by atoms with Gasteiger partial charge in [0, 0.05) is 6.08 Å². The van der Waals surface area contributed by atoms with Crippen molar-refractivity contribution < 1.29 is 19.1 Å². The minimum absolute atomic E-state index is 0.427. The molecule has 0 aliphatic rings. The highest BCUT2D eigenvalue weighted by atomic mass is 32.1. The number of thiophene rings is 1. The topological polar surface area (TPSA) is 84.5 Å². The van der Waals surface area contributed by atoms with Crippen molar-refractivity contribution in [1.82, 2.24) is 10.9 Å². The van der Waals surface area contributed by atoms with Gasteiger partial charge in [0.2, 0.25) is 0 Å². The molecule has 2 rings (SSSR count). The molecule has 1 aromatic heterocycles. The molecule has 0 fully saturated rings. The second-order valence-corrected chi connectivity index (χ2v) is 5.28. The van der Waals surface area contributed by atoms with Gasteiger partial charge < -0.3 is 4.74 Å².